The van der Waals surface area contributed by atoms with Gasteiger partial charge in [-0.05, 0) is 12.5 Å². The normalized spacial score (nSPS) is 19.8. The number of aliphatic hydroxyl groups is 3. The standard InChI is InChI=1S/C6H7O3/c7-4-2-1-3-5(8)6(4)9/h2-3,7-9H,1H2. The van der Waals surface area contributed by atoms with Gasteiger partial charge in [-0.15, -0.1) is 0 Å². The smallest absolute Gasteiger partial charge is 0.195 e. The van der Waals surface area contributed by atoms with E-state index in [1.54, 1.807) is 0 Å². The van der Waals surface area contributed by atoms with Crippen molar-refractivity contribution < 1.29 is 15.3 Å². The fraction of sp³-hybridized carbons (Fsp3) is 0.167. The zero-order valence-electron chi connectivity index (χ0n) is 4.70. The predicted octanol–water partition coefficient (Wildman–Crippen LogP) is 1.36. The van der Waals surface area contributed by atoms with Crippen LogP contribution in [0.1, 0.15) is 6.42 Å². The molecule has 0 spiro atoms. The quantitative estimate of drug-likeness (QED) is 0.460. The molecule has 3 nitrogen and oxygen atoms in total. The topological polar surface area (TPSA) is 60.7 Å². The first-order valence-electron chi connectivity index (χ1n) is 2.56. The van der Waals surface area contributed by atoms with Crippen LogP contribution in [0.5, 0.6) is 0 Å². The van der Waals surface area contributed by atoms with Crippen molar-refractivity contribution in [3.63, 3.8) is 0 Å². The minimum absolute atomic E-state index is 0.255. The van der Waals surface area contributed by atoms with Gasteiger partial charge in [0.05, 0.1) is 0 Å². The minimum atomic E-state index is -0.443. The van der Waals surface area contributed by atoms with E-state index in [0.29, 0.717) is 6.42 Å². The van der Waals surface area contributed by atoms with Crippen LogP contribution in [0.3, 0.4) is 0 Å². The zero-order valence-corrected chi connectivity index (χ0v) is 4.70. The van der Waals surface area contributed by atoms with Crippen molar-refractivity contribution in [1.29, 1.82) is 0 Å². The van der Waals surface area contributed by atoms with Crippen LogP contribution in [0.25, 0.3) is 0 Å². The molecule has 0 aromatic rings. The van der Waals surface area contributed by atoms with E-state index in [1.807, 2.05) is 0 Å². The van der Waals surface area contributed by atoms with Gasteiger partial charge in [-0.25, -0.2) is 0 Å². The Labute approximate surface area is 52.6 Å². The second kappa shape index (κ2) is 2.01. The largest absolute Gasteiger partial charge is 0.508 e. The number of hydrogen-bond acceptors (Lipinski definition) is 3. The van der Waals surface area contributed by atoms with Crippen molar-refractivity contribution in [2.75, 3.05) is 0 Å². The third-order valence-electron chi connectivity index (χ3n) is 1.11. The first-order chi connectivity index (χ1) is 4.22. The van der Waals surface area contributed by atoms with Crippen LogP contribution in [0.4, 0.5) is 0 Å². The van der Waals surface area contributed by atoms with Crippen molar-refractivity contribution in [3.05, 3.63) is 29.8 Å². The molecule has 3 heteroatoms. The Morgan fingerprint density at radius 2 is 1.89 bits per heavy atom. The summed E-state index contributed by atoms with van der Waals surface area (Å²) in [5.41, 5.74) is 0. The molecule has 9 heavy (non-hydrogen) atoms. The summed E-state index contributed by atoms with van der Waals surface area (Å²) >= 11 is 0. The van der Waals surface area contributed by atoms with E-state index in [-0.39, 0.29) is 11.5 Å². The van der Waals surface area contributed by atoms with Gasteiger partial charge in [-0.1, -0.05) is 0 Å². The molecule has 0 heterocycles. The van der Waals surface area contributed by atoms with Gasteiger partial charge in [0.25, 0.3) is 0 Å². The van der Waals surface area contributed by atoms with E-state index < -0.39 is 5.76 Å². The van der Waals surface area contributed by atoms with Crippen LogP contribution >= 0.6 is 0 Å². The average molecular weight is 127 g/mol. The highest BCUT2D eigenvalue weighted by Gasteiger charge is 2.12. The monoisotopic (exact) mass is 127 g/mol. The zero-order chi connectivity index (χ0) is 6.85. The van der Waals surface area contributed by atoms with Gasteiger partial charge in [-0.2, -0.15) is 0 Å². The average Bonchev–Trinajstić information content (AvgIpc) is 1.83. The molecular formula is C6H7O3. The second-order valence-corrected chi connectivity index (χ2v) is 1.76. The summed E-state index contributed by atoms with van der Waals surface area (Å²) in [4.78, 5) is 0. The van der Waals surface area contributed by atoms with Gasteiger partial charge < -0.3 is 15.3 Å². The van der Waals surface area contributed by atoms with E-state index >= 15 is 0 Å². The molecule has 1 rings (SSSR count). The van der Waals surface area contributed by atoms with Crippen LogP contribution < -0.4 is 0 Å². The van der Waals surface area contributed by atoms with Gasteiger partial charge in [0.15, 0.2) is 11.5 Å². The summed E-state index contributed by atoms with van der Waals surface area (Å²) in [7, 11) is 0. The first-order valence-corrected chi connectivity index (χ1v) is 2.56. The van der Waals surface area contributed by atoms with Crippen molar-refractivity contribution in [3.8, 4) is 0 Å². The molecule has 0 atom stereocenters. The lowest BCUT2D eigenvalue weighted by molar-refractivity contribution is 0.280. The van der Waals surface area contributed by atoms with Crippen LogP contribution in [0, 0.1) is 6.42 Å². The summed E-state index contributed by atoms with van der Waals surface area (Å²) in [5, 5.41) is 26.2. The molecular weight excluding hydrogens is 120 g/mol. The summed E-state index contributed by atoms with van der Waals surface area (Å²) in [5.74, 6) is -0.953. The fourth-order valence-electron chi connectivity index (χ4n) is 0.607. The SMILES string of the molecule is OC1=CC[CH]C(O)=C1O. The molecule has 1 aliphatic rings. The van der Waals surface area contributed by atoms with Crippen molar-refractivity contribution in [2.45, 2.75) is 6.42 Å². The van der Waals surface area contributed by atoms with E-state index in [4.69, 9.17) is 15.3 Å². The Hall–Kier alpha value is -1.12. The van der Waals surface area contributed by atoms with Gasteiger partial charge in [-0.3, -0.25) is 0 Å². The van der Waals surface area contributed by atoms with Crippen LogP contribution in [-0.4, -0.2) is 15.3 Å². The maximum atomic E-state index is 8.73. The predicted molar refractivity (Wildman–Crippen MR) is 31.9 cm³/mol. The lowest BCUT2D eigenvalue weighted by atomic mass is 10.1. The summed E-state index contributed by atoms with van der Waals surface area (Å²) in [6, 6.07) is 0. The van der Waals surface area contributed by atoms with Crippen molar-refractivity contribution in [2.24, 2.45) is 0 Å². The van der Waals surface area contributed by atoms with Crippen molar-refractivity contribution >= 4 is 0 Å². The molecule has 0 amide bonds. The molecule has 0 aliphatic heterocycles. The van der Waals surface area contributed by atoms with E-state index in [1.165, 1.54) is 12.5 Å². The highest BCUT2D eigenvalue weighted by atomic mass is 16.3. The van der Waals surface area contributed by atoms with Crippen molar-refractivity contribution in [1.82, 2.24) is 0 Å². The van der Waals surface area contributed by atoms with Crippen LogP contribution in [-0.2, 0) is 0 Å². The molecule has 3 N–H and O–H groups in total. The molecule has 49 valence electrons. The number of rotatable bonds is 0. The summed E-state index contributed by atoms with van der Waals surface area (Å²) < 4.78 is 0. The summed E-state index contributed by atoms with van der Waals surface area (Å²) in [6.07, 6.45) is 3.28. The van der Waals surface area contributed by atoms with E-state index in [2.05, 4.69) is 0 Å². The molecule has 0 fully saturated rings. The third-order valence-corrected chi connectivity index (χ3v) is 1.11. The molecule has 1 radical (unpaired) electrons. The Morgan fingerprint density at radius 3 is 2.33 bits per heavy atom. The van der Waals surface area contributed by atoms with Crippen LogP contribution in [0.15, 0.2) is 23.4 Å². The van der Waals surface area contributed by atoms with Gasteiger partial charge in [0.2, 0.25) is 0 Å². The highest BCUT2D eigenvalue weighted by Crippen LogP contribution is 2.17. The molecule has 0 saturated heterocycles. The lowest BCUT2D eigenvalue weighted by Gasteiger charge is -2.07. The van der Waals surface area contributed by atoms with E-state index in [9.17, 15) is 0 Å². The second-order valence-electron chi connectivity index (χ2n) is 1.76. The number of hydrogen-bond donors (Lipinski definition) is 3. The van der Waals surface area contributed by atoms with Gasteiger partial charge in [0.1, 0.15) is 5.76 Å². The fourth-order valence-corrected chi connectivity index (χ4v) is 0.607. The third kappa shape index (κ3) is 0.988. The van der Waals surface area contributed by atoms with Gasteiger partial charge >= 0.3 is 0 Å². The maximum absolute atomic E-state index is 8.73. The molecule has 0 saturated carbocycles. The number of allylic oxidation sites excluding steroid dienone is 2. The Morgan fingerprint density at radius 1 is 1.22 bits per heavy atom. The molecule has 0 aromatic carbocycles. The lowest BCUT2D eigenvalue weighted by Crippen LogP contribution is -1.99. The van der Waals surface area contributed by atoms with Gasteiger partial charge in [0, 0.05) is 6.42 Å². The molecule has 0 unspecified atom stereocenters. The Balaban J connectivity index is 2.88. The molecule has 0 aromatic heterocycles. The van der Waals surface area contributed by atoms with Crippen LogP contribution in [0.2, 0.25) is 0 Å². The highest BCUT2D eigenvalue weighted by molar-refractivity contribution is 5.29. The molecule has 1 aliphatic carbocycles. The molecule has 0 bridgehead atoms. The Bertz CT molecular complexity index is 179. The number of aliphatic hydroxyl groups excluding tert-OH is 3. The summed E-state index contributed by atoms with van der Waals surface area (Å²) in [6.45, 7) is 0. The Kier molecular flexibility index (Phi) is 1.34. The maximum Gasteiger partial charge on any atom is 0.195 e. The minimum Gasteiger partial charge on any atom is -0.508 e. The van der Waals surface area contributed by atoms with E-state index in [0.717, 1.165) is 0 Å². The first kappa shape index (κ1) is 6.01.